The summed E-state index contributed by atoms with van der Waals surface area (Å²) in [6.45, 7) is 5.65. The Labute approximate surface area is 76.8 Å². The summed E-state index contributed by atoms with van der Waals surface area (Å²) in [5.41, 5.74) is 5.49. The fourth-order valence-electron chi connectivity index (χ4n) is 0.754. The van der Waals surface area contributed by atoms with Gasteiger partial charge in [-0.25, -0.2) is 4.98 Å². The number of nitrogens with two attached hydrogens (primary N) is 1. The van der Waals surface area contributed by atoms with Gasteiger partial charge in [-0.05, 0) is 18.6 Å². The predicted molar refractivity (Wildman–Crippen MR) is 48.8 cm³/mol. The van der Waals surface area contributed by atoms with Crippen LogP contribution in [0.15, 0.2) is 12.1 Å². The first-order valence-corrected chi connectivity index (χ1v) is 4.04. The third kappa shape index (κ3) is 3.19. The smallest absolute Gasteiger partial charge is 0.267 e. The second-order valence-electron chi connectivity index (χ2n) is 2.16. The van der Waals surface area contributed by atoms with E-state index in [9.17, 15) is 9.18 Å². The third-order valence-electron chi connectivity index (χ3n) is 1.30. The minimum atomic E-state index is -0.706. The van der Waals surface area contributed by atoms with E-state index in [1.54, 1.807) is 6.92 Å². The van der Waals surface area contributed by atoms with Gasteiger partial charge in [0, 0.05) is 0 Å². The second kappa shape index (κ2) is 5.24. The Balaban J connectivity index is 0.000000671. The number of rotatable bonds is 1. The summed E-state index contributed by atoms with van der Waals surface area (Å²) < 4.78 is 12.4. The number of hydrogen-bond donors (Lipinski definition) is 1. The number of hydrogen-bond acceptors (Lipinski definition) is 2. The Bertz CT molecular complexity index is 300. The Hall–Kier alpha value is -1.45. The summed E-state index contributed by atoms with van der Waals surface area (Å²) in [6, 6.07) is 2.64. The van der Waals surface area contributed by atoms with Crippen LogP contribution in [-0.4, -0.2) is 10.9 Å². The number of carbonyl (C=O) groups excluding carboxylic acids is 1. The molecule has 1 amide bonds. The maximum atomic E-state index is 12.4. The van der Waals surface area contributed by atoms with E-state index in [0.29, 0.717) is 5.56 Å². The van der Waals surface area contributed by atoms with Crippen molar-refractivity contribution in [3.05, 3.63) is 29.3 Å². The van der Waals surface area contributed by atoms with Crippen LogP contribution in [0.2, 0.25) is 0 Å². The van der Waals surface area contributed by atoms with Crippen molar-refractivity contribution < 1.29 is 9.18 Å². The van der Waals surface area contributed by atoms with Crippen molar-refractivity contribution in [2.24, 2.45) is 5.73 Å². The van der Waals surface area contributed by atoms with Gasteiger partial charge >= 0.3 is 0 Å². The summed E-state index contributed by atoms with van der Waals surface area (Å²) in [7, 11) is 0. The first-order valence-electron chi connectivity index (χ1n) is 4.04. The topological polar surface area (TPSA) is 56.0 Å². The monoisotopic (exact) mass is 184 g/mol. The molecule has 13 heavy (non-hydrogen) atoms. The van der Waals surface area contributed by atoms with Crippen LogP contribution < -0.4 is 5.73 Å². The van der Waals surface area contributed by atoms with Gasteiger partial charge in [0.15, 0.2) is 0 Å². The first kappa shape index (κ1) is 11.6. The van der Waals surface area contributed by atoms with Crippen molar-refractivity contribution in [1.29, 1.82) is 0 Å². The molecule has 2 N–H and O–H groups in total. The molecule has 0 aromatic carbocycles. The van der Waals surface area contributed by atoms with Crippen molar-refractivity contribution in [1.82, 2.24) is 4.98 Å². The first-order chi connectivity index (χ1) is 6.11. The zero-order valence-corrected chi connectivity index (χ0v) is 7.97. The molecule has 0 saturated heterocycles. The summed E-state index contributed by atoms with van der Waals surface area (Å²) in [4.78, 5) is 13.9. The number of carbonyl (C=O) groups is 1. The van der Waals surface area contributed by atoms with Crippen LogP contribution >= 0.6 is 0 Å². The molecule has 0 unspecified atom stereocenters. The lowest BCUT2D eigenvalue weighted by molar-refractivity contribution is 0.0994. The fraction of sp³-hybridized carbons (Fsp3) is 0.333. The molecule has 0 saturated carbocycles. The predicted octanol–water partition coefficient (Wildman–Crippen LogP) is 1.65. The number of aryl methyl sites for hydroxylation is 1. The van der Waals surface area contributed by atoms with E-state index >= 15 is 0 Å². The van der Waals surface area contributed by atoms with Gasteiger partial charge in [-0.15, -0.1) is 0 Å². The molecule has 72 valence electrons. The normalized spacial score (nSPS) is 8.62. The average Bonchev–Trinajstić information content (AvgIpc) is 2.12. The van der Waals surface area contributed by atoms with Crippen LogP contribution in [0.25, 0.3) is 0 Å². The maximum Gasteiger partial charge on any atom is 0.267 e. The van der Waals surface area contributed by atoms with Crippen LogP contribution in [0, 0.1) is 12.9 Å². The molecule has 0 radical (unpaired) electrons. The van der Waals surface area contributed by atoms with Crippen LogP contribution in [0.1, 0.15) is 29.9 Å². The summed E-state index contributed by atoms with van der Waals surface area (Å²) in [5, 5.41) is 0. The zero-order valence-electron chi connectivity index (χ0n) is 7.97. The fourth-order valence-corrected chi connectivity index (χ4v) is 0.754. The highest BCUT2D eigenvalue weighted by molar-refractivity contribution is 5.92. The molecular weight excluding hydrogens is 171 g/mol. The largest absolute Gasteiger partial charge is 0.364 e. The molecule has 3 nitrogen and oxygen atoms in total. The van der Waals surface area contributed by atoms with E-state index < -0.39 is 11.9 Å². The highest BCUT2D eigenvalue weighted by atomic mass is 19.1. The van der Waals surface area contributed by atoms with Crippen LogP contribution in [0.4, 0.5) is 4.39 Å². The minimum absolute atomic E-state index is 0.00926. The minimum Gasteiger partial charge on any atom is -0.364 e. The zero-order chi connectivity index (χ0) is 10.4. The molecule has 1 rings (SSSR count). The molecule has 0 atom stereocenters. The molecule has 0 spiro atoms. The van der Waals surface area contributed by atoms with Crippen molar-refractivity contribution >= 4 is 5.91 Å². The highest BCUT2D eigenvalue weighted by Gasteiger charge is 2.06. The molecular formula is C9H13FN2O. The van der Waals surface area contributed by atoms with E-state index in [2.05, 4.69) is 4.98 Å². The van der Waals surface area contributed by atoms with Crippen molar-refractivity contribution in [2.45, 2.75) is 20.8 Å². The van der Waals surface area contributed by atoms with Gasteiger partial charge in [-0.3, -0.25) is 4.79 Å². The summed E-state index contributed by atoms with van der Waals surface area (Å²) >= 11 is 0. The van der Waals surface area contributed by atoms with Gasteiger partial charge in [0.25, 0.3) is 5.91 Å². The molecule has 0 aliphatic heterocycles. The maximum absolute atomic E-state index is 12.4. The number of primary amides is 1. The molecule has 0 aliphatic rings. The van der Waals surface area contributed by atoms with Gasteiger partial charge in [0.2, 0.25) is 5.95 Å². The van der Waals surface area contributed by atoms with E-state index in [1.807, 2.05) is 13.8 Å². The molecule has 1 aromatic rings. The second-order valence-corrected chi connectivity index (χ2v) is 2.16. The highest BCUT2D eigenvalue weighted by Crippen LogP contribution is 2.03. The summed E-state index contributed by atoms with van der Waals surface area (Å²) in [5.74, 6) is -1.40. The van der Waals surface area contributed by atoms with Gasteiger partial charge in [0.1, 0.15) is 5.69 Å². The molecule has 0 fully saturated rings. The van der Waals surface area contributed by atoms with Crippen molar-refractivity contribution in [3.63, 3.8) is 0 Å². The van der Waals surface area contributed by atoms with Crippen LogP contribution in [0.3, 0.4) is 0 Å². The number of nitrogens with zero attached hydrogens (tertiary/aromatic N) is 1. The number of pyridine rings is 1. The van der Waals surface area contributed by atoms with Crippen LogP contribution in [0.5, 0.6) is 0 Å². The van der Waals surface area contributed by atoms with E-state index in [-0.39, 0.29) is 5.69 Å². The molecule has 0 bridgehead atoms. The Kier molecular flexibility index (Phi) is 4.66. The van der Waals surface area contributed by atoms with E-state index in [0.717, 1.165) is 0 Å². The molecule has 4 heteroatoms. The number of amides is 1. The quantitative estimate of drug-likeness (QED) is 0.675. The van der Waals surface area contributed by atoms with E-state index in [1.165, 1.54) is 12.1 Å². The summed E-state index contributed by atoms with van der Waals surface area (Å²) in [6.07, 6.45) is 0. The lowest BCUT2D eigenvalue weighted by Crippen LogP contribution is -2.15. The van der Waals surface area contributed by atoms with E-state index in [4.69, 9.17) is 5.73 Å². The molecule has 0 aliphatic carbocycles. The molecule has 1 aromatic heterocycles. The lowest BCUT2D eigenvalue weighted by atomic mass is 10.2. The van der Waals surface area contributed by atoms with Crippen molar-refractivity contribution in [3.8, 4) is 0 Å². The standard InChI is InChI=1S/C7H7FN2O.C2H6/c1-4-2-3-5(8)10-6(4)7(9)11;1-2/h2-3H,1H3,(H2,9,11);1-2H3. The van der Waals surface area contributed by atoms with Crippen LogP contribution in [-0.2, 0) is 0 Å². The number of halogens is 1. The lowest BCUT2D eigenvalue weighted by Gasteiger charge is -1.98. The van der Waals surface area contributed by atoms with Gasteiger partial charge in [-0.1, -0.05) is 19.9 Å². The van der Waals surface area contributed by atoms with Gasteiger partial charge in [0.05, 0.1) is 0 Å². The number of aromatic nitrogens is 1. The average molecular weight is 184 g/mol. The van der Waals surface area contributed by atoms with Gasteiger partial charge in [-0.2, -0.15) is 4.39 Å². The Morgan fingerprint density at radius 1 is 1.46 bits per heavy atom. The Morgan fingerprint density at radius 3 is 2.38 bits per heavy atom. The third-order valence-corrected chi connectivity index (χ3v) is 1.30. The SMILES string of the molecule is CC.Cc1ccc(F)nc1C(N)=O. The molecule has 1 heterocycles. The van der Waals surface area contributed by atoms with Gasteiger partial charge < -0.3 is 5.73 Å². The Morgan fingerprint density at radius 2 is 2.00 bits per heavy atom. The van der Waals surface area contributed by atoms with Crippen molar-refractivity contribution in [2.75, 3.05) is 0 Å².